The minimum atomic E-state index is 0.298. The zero-order valence-electron chi connectivity index (χ0n) is 16.4. The summed E-state index contributed by atoms with van der Waals surface area (Å²) >= 11 is 5.57. The molecule has 2 aromatic rings. The predicted molar refractivity (Wildman–Crippen MR) is 116 cm³/mol. The Balaban J connectivity index is 1.45. The lowest BCUT2D eigenvalue weighted by Gasteiger charge is -2.37. The maximum Gasteiger partial charge on any atom is 0.169 e. The molecule has 150 valence electrons. The SMILES string of the molecule is COc1ccc(CCNC(=S)N2CCN(c3cccc(O)c3)CC2)cc1OC. The van der Waals surface area contributed by atoms with Crippen molar-refractivity contribution in [1.82, 2.24) is 10.2 Å². The molecule has 2 aromatic carbocycles. The molecule has 0 radical (unpaired) electrons. The number of ether oxygens (including phenoxy) is 2. The van der Waals surface area contributed by atoms with E-state index in [0.29, 0.717) is 5.75 Å². The normalized spacial score (nSPS) is 13.9. The number of aromatic hydroxyl groups is 1. The minimum absolute atomic E-state index is 0.298. The Morgan fingerprint density at radius 2 is 1.79 bits per heavy atom. The molecule has 0 spiro atoms. The number of nitrogens with one attached hydrogen (secondary N) is 1. The van der Waals surface area contributed by atoms with E-state index in [2.05, 4.69) is 15.1 Å². The number of hydrogen-bond acceptors (Lipinski definition) is 5. The van der Waals surface area contributed by atoms with Crippen LogP contribution in [0.2, 0.25) is 0 Å². The lowest BCUT2D eigenvalue weighted by Crippen LogP contribution is -2.52. The third-order valence-corrected chi connectivity index (χ3v) is 5.30. The second kappa shape index (κ2) is 9.50. The molecule has 0 unspecified atom stereocenters. The maximum absolute atomic E-state index is 9.65. The fraction of sp³-hybridized carbons (Fsp3) is 0.381. The van der Waals surface area contributed by atoms with Crippen LogP contribution in [0.3, 0.4) is 0 Å². The van der Waals surface area contributed by atoms with Crippen molar-refractivity contribution in [3.63, 3.8) is 0 Å². The van der Waals surface area contributed by atoms with Crippen molar-refractivity contribution in [3.05, 3.63) is 48.0 Å². The highest BCUT2D eigenvalue weighted by Crippen LogP contribution is 2.27. The van der Waals surface area contributed by atoms with E-state index in [0.717, 1.165) is 61.4 Å². The largest absolute Gasteiger partial charge is 0.508 e. The highest BCUT2D eigenvalue weighted by molar-refractivity contribution is 7.80. The van der Waals surface area contributed by atoms with E-state index in [1.54, 1.807) is 26.4 Å². The van der Waals surface area contributed by atoms with E-state index in [1.807, 2.05) is 30.3 Å². The van der Waals surface area contributed by atoms with Crippen molar-refractivity contribution in [3.8, 4) is 17.2 Å². The first-order valence-corrected chi connectivity index (χ1v) is 9.79. The minimum Gasteiger partial charge on any atom is -0.508 e. The molecule has 1 saturated heterocycles. The van der Waals surface area contributed by atoms with Gasteiger partial charge in [-0.2, -0.15) is 0 Å². The first-order chi connectivity index (χ1) is 13.6. The Labute approximate surface area is 171 Å². The third kappa shape index (κ3) is 4.98. The van der Waals surface area contributed by atoms with Crippen molar-refractivity contribution in [2.75, 3.05) is 51.8 Å². The Kier molecular flexibility index (Phi) is 6.81. The Hall–Kier alpha value is -2.67. The summed E-state index contributed by atoms with van der Waals surface area (Å²) in [6.07, 6.45) is 0.851. The highest BCUT2D eigenvalue weighted by atomic mass is 32.1. The van der Waals surface area contributed by atoms with Gasteiger partial charge in [-0.15, -0.1) is 0 Å². The molecule has 7 heteroatoms. The van der Waals surface area contributed by atoms with Crippen LogP contribution >= 0.6 is 12.2 Å². The van der Waals surface area contributed by atoms with Crippen molar-refractivity contribution in [2.24, 2.45) is 0 Å². The summed E-state index contributed by atoms with van der Waals surface area (Å²) in [5.41, 5.74) is 2.22. The lowest BCUT2D eigenvalue weighted by atomic mass is 10.1. The van der Waals surface area contributed by atoms with Crippen LogP contribution in [-0.2, 0) is 6.42 Å². The summed E-state index contributed by atoms with van der Waals surface area (Å²) in [5.74, 6) is 1.78. The zero-order chi connectivity index (χ0) is 19.9. The van der Waals surface area contributed by atoms with Gasteiger partial charge in [-0.3, -0.25) is 0 Å². The van der Waals surface area contributed by atoms with Gasteiger partial charge < -0.3 is 29.7 Å². The molecule has 1 aliphatic heterocycles. The van der Waals surface area contributed by atoms with Gasteiger partial charge in [0.2, 0.25) is 0 Å². The molecule has 0 saturated carbocycles. The van der Waals surface area contributed by atoms with Crippen molar-refractivity contribution >= 4 is 23.0 Å². The van der Waals surface area contributed by atoms with Gasteiger partial charge in [0, 0.05) is 44.5 Å². The van der Waals surface area contributed by atoms with Crippen LogP contribution in [0.25, 0.3) is 0 Å². The van der Waals surface area contributed by atoms with Gasteiger partial charge in [0.15, 0.2) is 16.6 Å². The first kappa shape index (κ1) is 20.1. The molecule has 28 heavy (non-hydrogen) atoms. The number of anilines is 1. The van der Waals surface area contributed by atoms with E-state index in [-0.39, 0.29) is 0 Å². The van der Waals surface area contributed by atoms with Gasteiger partial charge in [-0.1, -0.05) is 12.1 Å². The van der Waals surface area contributed by atoms with Crippen molar-refractivity contribution in [2.45, 2.75) is 6.42 Å². The molecule has 0 atom stereocenters. The summed E-state index contributed by atoms with van der Waals surface area (Å²) in [7, 11) is 3.28. The Morgan fingerprint density at radius 1 is 1.04 bits per heavy atom. The first-order valence-electron chi connectivity index (χ1n) is 9.38. The van der Waals surface area contributed by atoms with Crippen LogP contribution < -0.4 is 19.7 Å². The molecule has 1 heterocycles. The number of thiocarbonyl (C=S) groups is 1. The van der Waals surface area contributed by atoms with Crippen molar-refractivity contribution in [1.29, 1.82) is 0 Å². The topological polar surface area (TPSA) is 57.2 Å². The molecular formula is C21H27N3O3S. The summed E-state index contributed by atoms with van der Waals surface area (Å²) in [5, 5.41) is 13.8. The smallest absolute Gasteiger partial charge is 0.169 e. The molecule has 0 amide bonds. The van der Waals surface area contributed by atoms with E-state index in [9.17, 15) is 5.11 Å². The number of phenols is 1. The van der Waals surface area contributed by atoms with Crippen molar-refractivity contribution < 1.29 is 14.6 Å². The second-order valence-electron chi connectivity index (χ2n) is 6.67. The molecule has 0 aliphatic carbocycles. The summed E-state index contributed by atoms with van der Waals surface area (Å²) in [6, 6.07) is 13.4. The number of phenolic OH excluding ortho intramolecular Hbond substituents is 1. The lowest BCUT2D eigenvalue weighted by molar-refractivity contribution is 0.354. The molecule has 6 nitrogen and oxygen atoms in total. The van der Waals surface area contributed by atoms with Gasteiger partial charge in [0.05, 0.1) is 14.2 Å². The number of nitrogens with zero attached hydrogens (tertiary/aromatic N) is 2. The molecule has 1 fully saturated rings. The molecule has 2 N–H and O–H groups in total. The number of benzene rings is 2. The fourth-order valence-corrected chi connectivity index (χ4v) is 3.60. The van der Waals surface area contributed by atoms with Gasteiger partial charge in [-0.25, -0.2) is 0 Å². The van der Waals surface area contributed by atoms with Gasteiger partial charge >= 0.3 is 0 Å². The molecule has 3 rings (SSSR count). The van der Waals surface area contributed by atoms with Crippen LogP contribution in [-0.4, -0.2) is 62.1 Å². The monoisotopic (exact) mass is 401 g/mol. The molecule has 0 bridgehead atoms. The number of methoxy groups -OCH3 is 2. The highest BCUT2D eigenvalue weighted by Gasteiger charge is 2.19. The summed E-state index contributed by atoms with van der Waals surface area (Å²) in [6.45, 7) is 4.23. The van der Waals surface area contributed by atoms with E-state index < -0.39 is 0 Å². The third-order valence-electron chi connectivity index (χ3n) is 4.90. The average molecular weight is 402 g/mol. The summed E-state index contributed by atoms with van der Waals surface area (Å²) in [4.78, 5) is 4.46. The maximum atomic E-state index is 9.65. The zero-order valence-corrected chi connectivity index (χ0v) is 17.2. The Bertz CT molecular complexity index is 807. The second-order valence-corrected chi connectivity index (χ2v) is 7.05. The van der Waals surface area contributed by atoms with E-state index in [4.69, 9.17) is 21.7 Å². The van der Waals surface area contributed by atoms with E-state index in [1.165, 1.54) is 5.56 Å². The van der Waals surface area contributed by atoms with Gasteiger partial charge in [0.1, 0.15) is 5.75 Å². The number of rotatable bonds is 6. The Morgan fingerprint density at radius 3 is 2.46 bits per heavy atom. The quantitative estimate of drug-likeness (QED) is 0.722. The number of piperazine rings is 1. The fourth-order valence-electron chi connectivity index (χ4n) is 3.32. The van der Waals surface area contributed by atoms with Gasteiger partial charge in [-0.05, 0) is 48.5 Å². The van der Waals surface area contributed by atoms with Crippen LogP contribution in [0.4, 0.5) is 5.69 Å². The van der Waals surface area contributed by atoms with E-state index >= 15 is 0 Å². The van der Waals surface area contributed by atoms with Crippen LogP contribution in [0, 0.1) is 0 Å². The molecule has 1 aliphatic rings. The molecule has 0 aromatic heterocycles. The van der Waals surface area contributed by atoms with Gasteiger partial charge in [0.25, 0.3) is 0 Å². The number of hydrogen-bond donors (Lipinski definition) is 2. The standard InChI is InChI=1S/C21H27N3O3S/c1-26-19-7-6-16(14-20(19)27-2)8-9-22-21(28)24-12-10-23(11-13-24)17-4-3-5-18(25)15-17/h3-7,14-15,25H,8-13H2,1-2H3,(H,22,28). The van der Waals surface area contributed by atoms with Crippen LogP contribution in [0.5, 0.6) is 17.2 Å². The average Bonchev–Trinajstić information content (AvgIpc) is 2.73. The predicted octanol–water partition coefficient (Wildman–Crippen LogP) is 2.65. The van der Waals surface area contributed by atoms with Crippen LogP contribution in [0.15, 0.2) is 42.5 Å². The molecular weight excluding hydrogens is 374 g/mol. The summed E-state index contributed by atoms with van der Waals surface area (Å²) < 4.78 is 10.6. The van der Waals surface area contributed by atoms with Crippen LogP contribution in [0.1, 0.15) is 5.56 Å².